The van der Waals surface area contributed by atoms with E-state index in [1.807, 2.05) is 60.0 Å². The zero-order valence-corrected chi connectivity index (χ0v) is 16.3. The molecule has 3 aromatic rings. The average Bonchev–Trinajstić information content (AvgIpc) is 3.01. The fourth-order valence-corrected chi connectivity index (χ4v) is 3.38. The van der Waals surface area contributed by atoms with Crippen LogP contribution < -0.4 is 4.74 Å². The van der Waals surface area contributed by atoms with Crippen molar-refractivity contribution in [1.82, 2.24) is 19.7 Å². The number of rotatable bonds is 9. The van der Waals surface area contributed by atoms with E-state index in [0.717, 1.165) is 22.5 Å². The van der Waals surface area contributed by atoms with Crippen LogP contribution in [0.15, 0.2) is 59.8 Å². The van der Waals surface area contributed by atoms with Gasteiger partial charge in [-0.25, -0.2) is 4.39 Å². The third kappa shape index (κ3) is 5.55. The second-order valence-electron chi connectivity index (χ2n) is 6.23. The van der Waals surface area contributed by atoms with E-state index in [-0.39, 0.29) is 5.82 Å². The zero-order valence-electron chi connectivity index (χ0n) is 15.5. The van der Waals surface area contributed by atoms with Gasteiger partial charge in [0.2, 0.25) is 0 Å². The molecule has 7 heteroatoms. The minimum atomic E-state index is -0.183. The molecule has 0 spiro atoms. The summed E-state index contributed by atoms with van der Waals surface area (Å²) in [5, 5.41) is 9.38. The van der Waals surface area contributed by atoms with Gasteiger partial charge in [-0.15, -0.1) is 10.2 Å². The summed E-state index contributed by atoms with van der Waals surface area (Å²) in [5.74, 6) is 2.31. The topological polar surface area (TPSA) is 43.2 Å². The highest BCUT2D eigenvalue weighted by molar-refractivity contribution is 7.99. The van der Waals surface area contributed by atoms with Crippen molar-refractivity contribution < 1.29 is 9.13 Å². The predicted octanol–water partition coefficient (Wildman–Crippen LogP) is 3.76. The first-order chi connectivity index (χ1) is 13.1. The first-order valence-electron chi connectivity index (χ1n) is 8.74. The third-order valence-corrected chi connectivity index (χ3v) is 5.05. The summed E-state index contributed by atoms with van der Waals surface area (Å²) in [7, 11) is 3.90. The third-order valence-electron chi connectivity index (χ3n) is 4.06. The van der Waals surface area contributed by atoms with Gasteiger partial charge in [-0.1, -0.05) is 48.2 Å². The van der Waals surface area contributed by atoms with E-state index in [1.165, 1.54) is 6.07 Å². The summed E-state index contributed by atoms with van der Waals surface area (Å²) in [4.78, 5) is 2.02. The standard InChI is InChI=1S/C20H23FN4OS/c1-24(14-16-8-6-7-11-18(16)21)15-19-22-23-20(25(19)2)27-13-12-26-17-9-4-3-5-10-17/h3-11H,12-15H2,1-2H3. The van der Waals surface area contributed by atoms with Gasteiger partial charge in [0, 0.05) is 24.9 Å². The maximum absolute atomic E-state index is 13.8. The van der Waals surface area contributed by atoms with E-state index >= 15 is 0 Å². The summed E-state index contributed by atoms with van der Waals surface area (Å²) >= 11 is 1.61. The molecule has 1 aromatic heterocycles. The number of para-hydroxylation sites is 1. The molecule has 0 unspecified atom stereocenters. The van der Waals surface area contributed by atoms with Gasteiger partial charge in [0.15, 0.2) is 5.16 Å². The number of ether oxygens (including phenoxy) is 1. The van der Waals surface area contributed by atoms with Crippen molar-refractivity contribution >= 4 is 11.8 Å². The minimum absolute atomic E-state index is 0.183. The lowest BCUT2D eigenvalue weighted by molar-refractivity contribution is 0.301. The fourth-order valence-electron chi connectivity index (χ4n) is 2.63. The van der Waals surface area contributed by atoms with Crippen molar-refractivity contribution in [1.29, 1.82) is 0 Å². The molecular weight excluding hydrogens is 363 g/mol. The summed E-state index contributed by atoms with van der Waals surface area (Å²) in [6, 6.07) is 16.6. The van der Waals surface area contributed by atoms with Crippen molar-refractivity contribution in [2.24, 2.45) is 7.05 Å². The van der Waals surface area contributed by atoms with E-state index in [2.05, 4.69) is 10.2 Å². The maximum atomic E-state index is 13.8. The molecule has 3 rings (SSSR count). The van der Waals surface area contributed by atoms with Gasteiger partial charge >= 0.3 is 0 Å². The molecule has 1 heterocycles. The second-order valence-corrected chi connectivity index (χ2v) is 7.29. The molecular formula is C20H23FN4OS. The normalized spacial score (nSPS) is 11.1. The van der Waals surface area contributed by atoms with Crippen LogP contribution in [0.1, 0.15) is 11.4 Å². The second kappa shape index (κ2) is 9.53. The number of hydrogen-bond acceptors (Lipinski definition) is 5. The molecule has 0 saturated carbocycles. The molecule has 0 bridgehead atoms. The van der Waals surface area contributed by atoms with Gasteiger partial charge in [-0.3, -0.25) is 4.90 Å². The molecule has 0 aliphatic rings. The Kier molecular flexibility index (Phi) is 6.84. The summed E-state index contributed by atoms with van der Waals surface area (Å²) in [6.45, 7) is 1.72. The van der Waals surface area contributed by atoms with Gasteiger partial charge in [-0.05, 0) is 25.2 Å². The Balaban J connectivity index is 1.48. The summed E-state index contributed by atoms with van der Waals surface area (Å²) < 4.78 is 21.5. The van der Waals surface area contributed by atoms with Gasteiger partial charge < -0.3 is 9.30 Å². The molecule has 0 aliphatic carbocycles. The van der Waals surface area contributed by atoms with Crippen molar-refractivity contribution in [3.05, 3.63) is 71.8 Å². The molecule has 0 atom stereocenters. The Morgan fingerprint density at radius 1 is 1.04 bits per heavy atom. The first kappa shape index (κ1) is 19.4. The predicted molar refractivity (Wildman–Crippen MR) is 105 cm³/mol. The van der Waals surface area contributed by atoms with E-state index in [9.17, 15) is 4.39 Å². The van der Waals surface area contributed by atoms with Crippen LogP contribution in [0.2, 0.25) is 0 Å². The van der Waals surface area contributed by atoms with Gasteiger partial charge in [-0.2, -0.15) is 0 Å². The number of aromatic nitrogens is 3. The van der Waals surface area contributed by atoms with Gasteiger partial charge in [0.1, 0.15) is 17.4 Å². The quantitative estimate of drug-likeness (QED) is 0.414. The molecule has 142 valence electrons. The van der Waals surface area contributed by atoms with Crippen LogP contribution in [0.3, 0.4) is 0 Å². The Labute approximate surface area is 163 Å². The van der Waals surface area contributed by atoms with E-state index < -0.39 is 0 Å². The molecule has 0 saturated heterocycles. The highest BCUT2D eigenvalue weighted by Gasteiger charge is 2.12. The minimum Gasteiger partial charge on any atom is -0.493 e. The lowest BCUT2D eigenvalue weighted by atomic mass is 10.2. The van der Waals surface area contributed by atoms with Crippen molar-refractivity contribution in [3.8, 4) is 5.75 Å². The van der Waals surface area contributed by atoms with Crippen LogP contribution in [0.25, 0.3) is 0 Å². The van der Waals surface area contributed by atoms with Crippen LogP contribution >= 0.6 is 11.8 Å². The smallest absolute Gasteiger partial charge is 0.191 e. The summed E-state index contributed by atoms with van der Waals surface area (Å²) in [6.07, 6.45) is 0. The number of thioether (sulfide) groups is 1. The molecule has 0 radical (unpaired) electrons. The Hall–Kier alpha value is -2.38. The zero-order chi connectivity index (χ0) is 19.1. The Morgan fingerprint density at radius 2 is 1.78 bits per heavy atom. The van der Waals surface area contributed by atoms with Crippen LogP contribution in [0, 0.1) is 5.82 Å². The van der Waals surface area contributed by atoms with Crippen LogP contribution in [-0.2, 0) is 20.1 Å². The molecule has 0 aliphatic heterocycles. The van der Waals surface area contributed by atoms with Gasteiger partial charge in [0.25, 0.3) is 0 Å². The van der Waals surface area contributed by atoms with E-state index in [4.69, 9.17) is 4.74 Å². The Bertz CT molecular complexity index is 856. The average molecular weight is 386 g/mol. The molecule has 2 aromatic carbocycles. The summed E-state index contributed by atoms with van der Waals surface area (Å²) in [5.41, 5.74) is 0.676. The molecule has 0 amide bonds. The largest absolute Gasteiger partial charge is 0.493 e. The van der Waals surface area contributed by atoms with Crippen molar-refractivity contribution in [2.75, 3.05) is 19.4 Å². The number of hydrogen-bond donors (Lipinski definition) is 0. The number of halogens is 1. The van der Waals surface area contributed by atoms with E-state index in [0.29, 0.717) is 25.3 Å². The fraction of sp³-hybridized carbons (Fsp3) is 0.300. The number of benzene rings is 2. The lowest BCUT2D eigenvalue weighted by Crippen LogP contribution is -2.20. The Morgan fingerprint density at radius 3 is 2.56 bits per heavy atom. The van der Waals surface area contributed by atoms with E-state index in [1.54, 1.807) is 23.9 Å². The van der Waals surface area contributed by atoms with Crippen LogP contribution in [-0.4, -0.2) is 39.1 Å². The highest BCUT2D eigenvalue weighted by Crippen LogP contribution is 2.18. The monoisotopic (exact) mass is 386 g/mol. The molecule has 5 nitrogen and oxygen atoms in total. The number of nitrogens with zero attached hydrogens (tertiary/aromatic N) is 4. The van der Waals surface area contributed by atoms with Crippen molar-refractivity contribution in [3.63, 3.8) is 0 Å². The lowest BCUT2D eigenvalue weighted by Gasteiger charge is -2.16. The maximum Gasteiger partial charge on any atom is 0.191 e. The SMILES string of the molecule is CN(Cc1ccccc1F)Cc1nnc(SCCOc2ccccc2)n1C. The molecule has 0 N–H and O–H groups in total. The first-order valence-corrected chi connectivity index (χ1v) is 9.73. The van der Waals surface area contributed by atoms with Crippen LogP contribution in [0.5, 0.6) is 5.75 Å². The van der Waals surface area contributed by atoms with Crippen LogP contribution in [0.4, 0.5) is 4.39 Å². The molecule has 0 fully saturated rings. The highest BCUT2D eigenvalue weighted by atomic mass is 32.2. The molecule has 27 heavy (non-hydrogen) atoms. The van der Waals surface area contributed by atoms with Gasteiger partial charge in [0.05, 0.1) is 13.2 Å². The van der Waals surface area contributed by atoms with Crippen molar-refractivity contribution in [2.45, 2.75) is 18.2 Å².